The van der Waals surface area contributed by atoms with Crippen molar-refractivity contribution in [3.63, 3.8) is 0 Å². The fourth-order valence-corrected chi connectivity index (χ4v) is 4.08. The first-order chi connectivity index (χ1) is 12.1. The number of hydrogen-bond acceptors (Lipinski definition) is 6. The lowest BCUT2D eigenvalue weighted by Gasteiger charge is -2.34. The second-order valence-corrected chi connectivity index (χ2v) is 8.68. The van der Waals surface area contributed by atoms with Crippen molar-refractivity contribution in [1.82, 2.24) is 0 Å². The summed E-state index contributed by atoms with van der Waals surface area (Å²) in [5.74, 6) is -0.438. The van der Waals surface area contributed by atoms with Crippen LogP contribution in [0, 0.1) is 5.92 Å². The molecule has 6 nitrogen and oxygen atoms in total. The van der Waals surface area contributed by atoms with E-state index in [2.05, 4.69) is 18.4 Å². The van der Waals surface area contributed by atoms with Gasteiger partial charge < -0.3 is 14.6 Å². The van der Waals surface area contributed by atoms with Crippen LogP contribution in [0.2, 0.25) is 0 Å². The number of carbonyl (C=O) groups is 1. The minimum atomic E-state index is -0.979. The SMILES string of the molecule is C=C1C(=O)O[C@]2(C)CC[C@@H]1C[C@H]1O[C@@]1(C)C/C=C/[C@](C)(OO)CC[C@H]2O. The second kappa shape index (κ2) is 6.75. The van der Waals surface area contributed by atoms with E-state index in [0.29, 0.717) is 31.3 Å². The van der Waals surface area contributed by atoms with Gasteiger partial charge in [-0.2, -0.15) is 0 Å². The van der Waals surface area contributed by atoms with E-state index in [9.17, 15) is 15.2 Å². The number of aliphatic hydroxyl groups is 1. The molecule has 0 amide bonds. The lowest BCUT2D eigenvalue weighted by Crippen LogP contribution is -2.44. The smallest absolute Gasteiger partial charge is 0.334 e. The molecule has 0 aromatic heterocycles. The van der Waals surface area contributed by atoms with Gasteiger partial charge in [0.05, 0.1) is 17.8 Å². The first-order valence-corrected chi connectivity index (χ1v) is 9.39. The molecule has 2 saturated heterocycles. The normalized spacial score (nSPS) is 48.1. The van der Waals surface area contributed by atoms with Crippen LogP contribution in [0.1, 0.15) is 59.3 Å². The second-order valence-electron chi connectivity index (χ2n) is 8.68. The molecule has 0 aromatic carbocycles. The molecule has 3 aliphatic rings. The van der Waals surface area contributed by atoms with E-state index in [0.717, 1.165) is 12.8 Å². The highest BCUT2D eigenvalue weighted by Gasteiger charge is 2.53. The van der Waals surface area contributed by atoms with Crippen molar-refractivity contribution in [3.8, 4) is 0 Å². The average molecular weight is 366 g/mol. The predicted octanol–water partition coefficient (Wildman–Crippen LogP) is 3.15. The standard InChI is InChI=1S/C20H30O6/c1-13-14-6-11-19(3,25-17(13)22)15(21)7-10-18(2,26-23)8-5-9-20(4)16(12-14)24-20/h5,8,14-16,21,23H,1,6-7,9-12H2,2-4H3/b8-5+/t14-,15-,16-,18+,19-,20+/m1/s1. The van der Waals surface area contributed by atoms with Crippen LogP contribution in [-0.4, -0.2) is 45.3 Å². The molecule has 2 N–H and O–H groups in total. The Bertz CT molecular complexity index is 615. The highest BCUT2D eigenvalue weighted by Crippen LogP contribution is 2.47. The van der Waals surface area contributed by atoms with Crippen molar-refractivity contribution >= 4 is 5.97 Å². The Balaban J connectivity index is 1.89. The Morgan fingerprint density at radius 1 is 1.23 bits per heavy atom. The summed E-state index contributed by atoms with van der Waals surface area (Å²) in [5.41, 5.74) is -1.70. The van der Waals surface area contributed by atoms with E-state index in [1.54, 1.807) is 13.8 Å². The van der Waals surface area contributed by atoms with Crippen molar-refractivity contribution < 1.29 is 29.5 Å². The molecular formula is C20H30O6. The number of ether oxygens (including phenoxy) is 2. The number of esters is 1. The van der Waals surface area contributed by atoms with Crippen molar-refractivity contribution in [2.75, 3.05) is 0 Å². The predicted molar refractivity (Wildman–Crippen MR) is 95.4 cm³/mol. The van der Waals surface area contributed by atoms with Crippen molar-refractivity contribution in [2.24, 2.45) is 5.92 Å². The maximum atomic E-state index is 12.5. The lowest BCUT2D eigenvalue weighted by molar-refractivity contribution is -0.305. The van der Waals surface area contributed by atoms with Crippen LogP contribution < -0.4 is 0 Å². The number of rotatable bonds is 1. The highest BCUT2D eigenvalue weighted by molar-refractivity contribution is 5.89. The summed E-state index contributed by atoms with van der Waals surface area (Å²) >= 11 is 0. The molecule has 0 radical (unpaired) electrons. The molecule has 6 atom stereocenters. The highest BCUT2D eigenvalue weighted by atomic mass is 17.1. The summed E-state index contributed by atoms with van der Waals surface area (Å²) in [6.45, 7) is 9.53. The van der Waals surface area contributed by atoms with Gasteiger partial charge in [0.25, 0.3) is 0 Å². The summed E-state index contributed by atoms with van der Waals surface area (Å²) in [5, 5.41) is 20.1. The molecule has 0 spiro atoms. The van der Waals surface area contributed by atoms with Gasteiger partial charge in [0.1, 0.15) is 11.2 Å². The Morgan fingerprint density at radius 3 is 2.65 bits per heavy atom. The van der Waals surface area contributed by atoms with Gasteiger partial charge in [-0.05, 0) is 65.2 Å². The molecule has 2 fully saturated rings. The van der Waals surface area contributed by atoms with E-state index in [1.807, 2.05) is 12.2 Å². The molecule has 3 rings (SSSR count). The van der Waals surface area contributed by atoms with Gasteiger partial charge >= 0.3 is 5.97 Å². The first kappa shape index (κ1) is 19.5. The molecule has 146 valence electrons. The Kier molecular flexibility index (Phi) is 5.07. The van der Waals surface area contributed by atoms with Crippen LogP contribution in [0.15, 0.2) is 24.3 Å². The molecule has 0 unspecified atom stereocenters. The molecular weight excluding hydrogens is 336 g/mol. The third-order valence-electron chi connectivity index (χ3n) is 6.43. The fraction of sp³-hybridized carbons (Fsp3) is 0.750. The van der Waals surface area contributed by atoms with Gasteiger partial charge in [0.15, 0.2) is 0 Å². The molecule has 6 heteroatoms. The minimum Gasteiger partial charge on any atom is -0.453 e. The first-order valence-electron chi connectivity index (χ1n) is 9.39. The molecule has 1 aliphatic carbocycles. The molecule has 0 saturated carbocycles. The summed E-state index contributed by atoms with van der Waals surface area (Å²) in [6.07, 6.45) is 6.38. The largest absolute Gasteiger partial charge is 0.453 e. The average Bonchev–Trinajstić information content (AvgIpc) is 3.25. The van der Waals surface area contributed by atoms with Crippen molar-refractivity contribution in [1.29, 1.82) is 0 Å². The molecule has 2 bridgehead atoms. The van der Waals surface area contributed by atoms with Crippen LogP contribution in [0.4, 0.5) is 0 Å². The van der Waals surface area contributed by atoms with Crippen LogP contribution in [-0.2, 0) is 19.2 Å². The van der Waals surface area contributed by atoms with E-state index in [-0.39, 0.29) is 17.6 Å². The number of fused-ring (bicyclic) bond motifs is 4. The van der Waals surface area contributed by atoms with Crippen LogP contribution in [0.5, 0.6) is 0 Å². The van der Waals surface area contributed by atoms with E-state index >= 15 is 0 Å². The van der Waals surface area contributed by atoms with Gasteiger partial charge in [-0.15, -0.1) is 0 Å². The molecule has 26 heavy (non-hydrogen) atoms. The van der Waals surface area contributed by atoms with E-state index in [4.69, 9.17) is 9.47 Å². The number of hydrogen-bond donors (Lipinski definition) is 2. The Hall–Kier alpha value is -1.21. The monoisotopic (exact) mass is 366 g/mol. The third-order valence-corrected chi connectivity index (χ3v) is 6.43. The summed E-state index contributed by atoms with van der Waals surface area (Å²) in [6, 6.07) is 0. The summed E-state index contributed by atoms with van der Waals surface area (Å²) < 4.78 is 11.6. The maximum absolute atomic E-state index is 12.5. The Morgan fingerprint density at radius 2 is 1.96 bits per heavy atom. The van der Waals surface area contributed by atoms with Crippen molar-refractivity contribution in [2.45, 2.75) is 88.3 Å². The third kappa shape index (κ3) is 3.74. The number of carbonyl (C=O) groups excluding carboxylic acids is 1. The van der Waals surface area contributed by atoms with E-state index in [1.165, 1.54) is 0 Å². The van der Waals surface area contributed by atoms with Gasteiger partial charge in [-0.1, -0.05) is 18.7 Å². The van der Waals surface area contributed by atoms with Gasteiger partial charge in [0, 0.05) is 5.57 Å². The Labute approximate surface area is 154 Å². The topological polar surface area (TPSA) is 88.5 Å². The molecule has 2 heterocycles. The summed E-state index contributed by atoms with van der Waals surface area (Å²) in [7, 11) is 0. The quantitative estimate of drug-likeness (QED) is 0.185. The maximum Gasteiger partial charge on any atom is 0.334 e. The summed E-state index contributed by atoms with van der Waals surface area (Å²) in [4.78, 5) is 17.2. The zero-order chi connectivity index (χ0) is 19.2. The zero-order valence-corrected chi connectivity index (χ0v) is 15.9. The van der Waals surface area contributed by atoms with Crippen LogP contribution >= 0.6 is 0 Å². The van der Waals surface area contributed by atoms with E-state index < -0.39 is 23.3 Å². The van der Waals surface area contributed by atoms with Gasteiger partial charge in [0.2, 0.25) is 0 Å². The fourth-order valence-electron chi connectivity index (χ4n) is 4.08. The van der Waals surface area contributed by atoms with Crippen LogP contribution in [0.25, 0.3) is 0 Å². The zero-order valence-electron chi connectivity index (χ0n) is 15.9. The van der Waals surface area contributed by atoms with Gasteiger partial charge in [-0.3, -0.25) is 5.26 Å². The van der Waals surface area contributed by atoms with Crippen LogP contribution in [0.3, 0.4) is 0 Å². The number of aliphatic hydroxyl groups excluding tert-OH is 1. The number of epoxide rings is 1. The van der Waals surface area contributed by atoms with Crippen molar-refractivity contribution in [3.05, 3.63) is 24.3 Å². The van der Waals surface area contributed by atoms with Gasteiger partial charge in [-0.25, -0.2) is 9.68 Å². The minimum absolute atomic E-state index is 0.00121. The molecule has 0 aromatic rings. The molecule has 2 aliphatic heterocycles. The lowest BCUT2D eigenvalue weighted by atomic mass is 9.82.